The summed E-state index contributed by atoms with van der Waals surface area (Å²) in [6.45, 7) is 6.07. The fourth-order valence-corrected chi connectivity index (χ4v) is 1.22. The van der Waals surface area contributed by atoms with Crippen LogP contribution in [0.25, 0.3) is 0 Å². The molecule has 0 bridgehead atoms. The summed E-state index contributed by atoms with van der Waals surface area (Å²) >= 11 is -0.189. The van der Waals surface area contributed by atoms with E-state index in [2.05, 4.69) is 13.8 Å². The third kappa shape index (κ3) is 13.3. The fourth-order valence-electron chi connectivity index (χ4n) is 0.600. The summed E-state index contributed by atoms with van der Waals surface area (Å²) in [6, 6.07) is 0. The van der Waals surface area contributed by atoms with Gasteiger partial charge in [-0.2, -0.15) is 0 Å². The van der Waals surface area contributed by atoms with E-state index in [1.54, 1.807) is 0 Å². The first kappa shape index (κ1) is 15.2. The molecule has 12 heavy (non-hydrogen) atoms. The number of halogens is 1. The minimum Gasteiger partial charge on any atom is -1.00 e. The molecule has 72 valence electrons. The molecule has 0 aliphatic heterocycles. The van der Waals surface area contributed by atoms with Crippen molar-refractivity contribution in [3.63, 3.8) is 0 Å². The molecule has 0 rings (SSSR count). The maximum absolute atomic E-state index is 5.28. The molecular formula is C8H18AlClO2. The van der Waals surface area contributed by atoms with Gasteiger partial charge in [-0.25, -0.2) is 0 Å². The van der Waals surface area contributed by atoms with Crippen molar-refractivity contribution in [1.82, 2.24) is 0 Å². The van der Waals surface area contributed by atoms with E-state index < -0.39 is 0 Å². The van der Waals surface area contributed by atoms with Crippen LogP contribution in [-0.2, 0) is 7.58 Å². The Kier molecular flexibility index (Phi) is 18.1. The van der Waals surface area contributed by atoms with Gasteiger partial charge in [-0.15, -0.1) is 0 Å². The maximum atomic E-state index is 5.28. The van der Waals surface area contributed by atoms with Crippen LogP contribution in [0.1, 0.15) is 39.5 Å². The zero-order chi connectivity index (χ0) is 8.36. The van der Waals surface area contributed by atoms with Crippen molar-refractivity contribution >= 4 is 15.9 Å². The fraction of sp³-hybridized carbons (Fsp3) is 1.00. The van der Waals surface area contributed by atoms with E-state index in [1.807, 2.05) is 0 Å². The smallest absolute Gasteiger partial charge is 1.00 e. The second-order valence-electron chi connectivity index (χ2n) is 2.54. The third-order valence-electron chi connectivity index (χ3n) is 1.37. The average molecular weight is 209 g/mol. The summed E-state index contributed by atoms with van der Waals surface area (Å²) < 4.78 is 10.6. The van der Waals surface area contributed by atoms with Crippen molar-refractivity contribution in [2.75, 3.05) is 13.2 Å². The molecule has 0 aromatic heterocycles. The molecule has 0 spiro atoms. The maximum Gasteiger partial charge on any atom is -1.00 e. The zero-order valence-corrected chi connectivity index (χ0v) is 9.93. The van der Waals surface area contributed by atoms with Crippen molar-refractivity contribution in [1.29, 1.82) is 0 Å². The molecule has 0 unspecified atom stereocenters. The SMILES string of the molecule is CCCC[O][Al+][O]CCCC.[Cl-]. The molecule has 0 aromatic carbocycles. The Morgan fingerprint density at radius 2 is 1.33 bits per heavy atom. The van der Waals surface area contributed by atoms with Crippen LogP contribution < -0.4 is 12.4 Å². The Labute approximate surface area is 88.8 Å². The minimum atomic E-state index is -0.189. The van der Waals surface area contributed by atoms with Gasteiger partial charge in [0.15, 0.2) is 0 Å². The molecule has 0 saturated carbocycles. The standard InChI is InChI=1S/2C4H9O.Al.ClH/c2*1-2-3-4-5;;/h2*2-4H2,1H3;;1H/q2*-1;+3;/p-1. The van der Waals surface area contributed by atoms with E-state index >= 15 is 0 Å². The molecule has 0 aliphatic carbocycles. The summed E-state index contributed by atoms with van der Waals surface area (Å²) in [5, 5.41) is 0. The Morgan fingerprint density at radius 3 is 1.67 bits per heavy atom. The van der Waals surface area contributed by atoms with Crippen molar-refractivity contribution in [3.05, 3.63) is 0 Å². The van der Waals surface area contributed by atoms with Crippen LogP contribution in [0.5, 0.6) is 0 Å². The normalized spacial score (nSPS) is 8.83. The molecule has 0 fully saturated rings. The Bertz CT molecular complexity index is 66.1. The van der Waals surface area contributed by atoms with Gasteiger partial charge < -0.3 is 12.4 Å². The number of hydrogen-bond donors (Lipinski definition) is 0. The monoisotopic (exact) mass is 208 g/mol. The van der Waals surface area contributed by atoms with Gasteiger partial charge in [-0.1, -0.05) is 0 Å². The number of rotatable bonds is 8. The summed E-state index contributed by atoms with van der Waals surface area (Å²) in [5.74, 6) is 0. The molecule has 4 heteroatoms. The molecule has 0 radical (unpaired) electrons. The molecule has 0 amide bonds. The van der Waals surface area contributed by atoms with Crippen LogP contribution in [0.4, 0.5) is 0 Å². The zero-order valence-electron chi connectivity index (χ0n) is 8.01. The quantitative estimate of drug-likeness (QED) is 0.383. The van der Waals surface area contributed by atoms with E-state index in [1.165, 1.54) is 12.8 Å². The van der Waals surface area contributed by atoms with Gasteiger partial charge in [-0.05, 0) is 0 Å². The van der Waals surface area contributed by atoms with Crippen molar-refractivity contribution in [3.8, 4) is 0 Å². The van der Waals surface area contributed by atoms with Gasteiger partial charge in [0.1, 0.15) is 0 Å². The van der Waals surface area contributed by atoms with Gasteiger partial charge in [0.05, 0.1) is 0 Å². The summed E-state index contributed by atoms with van der Waals surface area (Å²) in [7, 11) is 0. The first-order valence-corrected chi connectivity index (χ1v) is 5.41. The van der Waals surface area contributed by atoms with Crippen molar-refractivity contribution < 1.29 is 20.0 Å². The van der Waals surface area contributed by atoms with Gasteiger partial charge in [0.2, 0.25) is 0 Å². The molecular weight excluding hydrogens is 191 g/mol. The first-order chi connectivity index (χ1) is 5.41. The van der Waals surface area contributed by atoms with Gasteiger partial charge >= 0.3 is 76.2 Å². The van der Waals surface area contributed by atoms with Crippen molar-refractivity contribution in [2.24, 2.45) is 0 Å². The molecule has 0 aromatic rings. The summed E-state index contributed by atoms with van der Waals surface area (Å²) in [5.41, 5.74) is 0. The van der Waals surface area contributed by atoms with E-state index in [0.29, 0.717) is 0 Å². The van der Waals surface area contributed by atoms with E-state index in [4.69, 9.17) is 7.58 Å². The van der Waals surface area contributed by atoms with E-state index in [-0.39, 0.29) is 28.3 Å². The van der Waals surface area contributed by atoms with Crippen LogP contribution in [0, 0.1) is 0 Å². The van der Waals surface area contributed by atoms with Crippen LogP contribution in [-0.4, -0.2) is 29.1 Å². The van der Waals surface area contributed by atoms with Gasteiger partial charge in [-0.3, -0.25) is 0 Å². The molecule has 0 aliphatic rings. The Balaban J connectivity index is 0. The van der Waals surface area contributed by atoms with E-state index in [0.717, 1.165) is 26.1 Å². The summed E-state index contributed by atoms with van der Waals surface area (Å²) in [4.78, 5) is 0. The minimum absolute atomic E-state index is 0. The van der Waals surface area contributed by atoms with Crippen LogP contribution in [0.15, 0.2) is 0 Å². The Morgan fingerprint density at radius 1 is 0.917 bits per heavy atom. The largest absolute Gasteiger partial charge is 1.00 e. The average Bonchev–Trinajstić information content (AvgIpc) is 2.03. The molecule has 0 atom stereocenters. The second-order valence-corrected chi connectivity index (χ2v) is 3.40. The third-order valence-corrected chi connectivity index (χ3v) is 2.11. The van der Waals surface area contributed by atoms with Crippen LogP contribution in [0.2, 0.25) is 0 Å². The molecule has 0 N–H and O–H groups in total. The second kappa shape index (κ2) is 14.3. The predicted octanol–water partition coefficient (Wildman–Crippen LogP) is -0.842. The van der Waals surface area contributed by atoms with Gasteiger partial charge in [0.25, 0.3) is 0 Å². The number of hydrogen-bond acceptors (Lipinski definition) is 2. The van der Waals surface area contributed by atoms with Crippen LogP contribution >= 0.6 is 0 Å². The molecule has 0 saturated heterocycles. The molecule has 2 nitrogen and oxygen atoms in total. The topological polar surface area (TPSA) is 18.5 Å². The predicted molar refractivity (Wildman–Crippen MR) is 47.5 cm³/mol. The number of unbranched alkanes of at least 4 members (excludes halogenated alkanes) is 2. The first-order valence-electron chi connectivity index (χ1n) is 4.46. The van der Waals surface area contributed by atoms with Crippen LogP contribution in [0.3, 0.4) is 0 Å². The van der Waals surface area contributed by atoms with Gasteiger partial charge in [0, 0.05) is 0 Å². The Hall–Kier alpha value is 0.742. The molecule has 0 heterocycles. The van der Waals surface area contributed by atoms with E-state index in [9.17, 15) is 0 Å². The van der Waals surface area contributed by atoms with Crippen molar-refractivity contribution in [2.45, 2.75) is 39.5 Å². The summed E-state index contributed by atoms with van der Waals surface area (Å²) in [6.07, 6.45) is 4.72.